The molecule has 0 spiro atoms. The number of quaternary nitrogens is 1. The van der Waals surface area contributed by atoms with Crippen molar-refractivity contribution in [1.29, 1.82) is 0 Å². The van der Waals surface area contributed by atoms with Gasteiger partial charge >= 0.3 is 6.03 Å². The van der Waals surface area contributed by atoms with Crippen molar-refractivity contribution in [3.63, 3.8) is 0 Å². The van der Waals surface area contributed by atoms with Crippen LogP contribution in [0.1, 0.15) is 119 Å². The number of nitrogens with zero attached hydrogens (tertiary/aromatic N) is 2. The lowest BCUT2D eigenvalue weighted by Gasteiger charge is -2.37. The maximum atomic E-state index is 14.7. The number of unbranched alkanes of at least 4 members (excludes halogenated alkanes) is 1. The van der Waals surface area contributed by atoms with E-state index >= 15 is 0 Å². The first-order chi connectivity index (χ1) is 24.1. The van der Waals surface area contributed by atoms with Crippen LogP contribution in [0.25, 0.3) is 0 Å². The minimum absolute atomic E-state index is 0.0485. The molecule has 3 aliphatic rings. The van der Waals surface area contributed by atoms with Gasteiger partial charge < -0.3 is 20.9 Å². The van der Waals surface area contributed by atoms with Crippen molar-refractivity contribution in [2.45, 2.75) is 143 Å². The lowest BCUT2D eigenvalue weighted by Crippen LogP contribution is -2.99. The number of primary amides is 1. The number of Topliss-reactive ketones (excluding diaryl/α,β-unsaturated/α-hetero) is 1. The number of nitrogens with two attached hydrogens (primary N) is 1. The molecule has 5 N–H and O–H groups in total. The maximum Gasteiger partial charge on any atom is 0.414 e. The summed E-state index contributed by atoms with van der Waals surface area (Å²) in [6, 6.07) is -3.69. The van der Waals surface area contributed by atoms with Crippen LogP contribution in [-0.2, 0) is 28.8 Å². The number of carbonyl (C=O) groups is 7. The zero-order valence-electron chi connectivity index (χ0n) is 31.8. The van der Waals surface area contributed by atoms with E-state index in [1.165, 1.54) is 16.3 Å². The van der Waals surface area contributed by atoms with Gasteiger partial charge in [0.1, 0.15) is 6.04 Å². The molecule has 286 valence electrons. The molecule has 0 aromatic carbocycles. The second-order valence-electron chi connectivity index (χ2n) is 16.0. The number of amides is 7. The Morgan fingerprint density at radius 2 is 1.61 bits per heavy atom. The molecule has 2 saturated heterocycles. The quantitative estimate of drug-likeness (QED) is 0.108. The van der Waals surface area contributed by atoms with Crippen LogP contribution >= 0.6 is 0 Å². The van der Waals surface area contributed by atoms with Gasteiger partial charge in [0, 0.05) is 38.4 Å². The molecule has 51 heavy (non-hydrogen) atoms. The van der Waals surface area contributed by atoms with Crippen LogP contribution in [0, 0.1) is 23.2 Å². The number of nitrogens with one attached hydrogen (secondary N) is 3. The summed E-state index contributed by atoms with van der Waals surface area (Å²) < 4.78 is 0. The summed E-state index contributed by atoms with van der Waals surface area (Å²) in [7, 11) is 0. The first-order valence-corrected chi connectivity index (χ1v) is 19.1. The molecule has 5 atom stereocenters. The predicted octanol–water partition coefficient (Wildman–Crippen LogP) is 2.58. The molecule has 0 aromatic heterocycles. The molecule has 3 rings (SSSR count). The number of hydrogen-bond acceptors (Lipinski definition) is 7. The monoisotopic (exact) mass is 715 g/mol. The van der Waals surface area contributed by atoms with E-state index < -0.39 is 53.2 Å². The number of hydrogen-bond donors (Lipinski definition) is 4. The van der Waals surface area contributed by atoms with E-state index in [1.807, 2.05) is 41.5 Å². The van der Waals surface area contributed by atoms with Gasteiger partial charge in [0.15, 0.2) is 6.04 Å². The largest absolute Gasteiger partial charge is 0.414 e. The van der Waals surface area contributed by atoms with Crippen molar-refractivity contribution in [3.05, 3.63) is 12.7 Å². The second-order valence-corrected chi connectivity index (χ2v) is 16.0. The second kappa shape index (κ2) is 19.3. The average molecular weight is 716 g/mol. The molecule has 1 unspecified atom stereocenters. The van der Waals surface area contributed by atoms with Crippen molar-refractivity contribution >= 4 is 41.4 Å². The fraction of sp³-hybridized carbons (Fsp3) is 0.763. The molecule has 2 heterocycles. The van der Waals surface area contributed by atoms with Gasteiger partial charge in [0.25, 0.3) is 11.8 Å². The van der Waals surface area contributed by atoms with Gasteiger partial charge in [0.2, 0.25) is 23.5 Å². The maximum absolute atomic E-state index is 14.7. The zero-order valence-corrected chi connectivity index (χ0v) is 31.8. The Hall–Kier alpha value is -3.61. The van der Waals surface area contributed by atoms with Crippen LogP contribution in [0.15, 0.2) is 12.7 Å². The van der Waals surface area contributed by atoms with Crippen molar-refractivity contribution < 1.29 is 38.9 Å². The highest BCUT2D eigenvalue weighted by Crippen LogP contribution is 2.33. The van der Waals surface area contributed by atoms with Gasteiger partial charge in [-0.05, 0) is 49.4 Å². The number of ketones is 1. The molecule has 7 amide bonds. The Bertz CT molecular complexity index is 1270. The van der Waals surface area contributed by atoms with Crippen LogP contribution in [0.4, 0.5) is 4.79 Å². The Morgan fingerprint density at radius 3 is 2.18 bits per heavy atom. The summed E-state index contributed by atoms with van der Waals surface area (Å²) in [4.78, 5) is 96.5. The molecule has 0 aromatic rings. The molecule has 3 fully saturated rings. The SMILES string of the molecule is C=CCNC(=O)C(=O)C(CCCC)NC(=O)[C@@H]1[C@@H](C(C)C)CCN1C(=O)[C@@H]([NH2+]C(=O)N[C@H](CN1C(=O)CCCC1=O)C(C)(C)C)C1CCCCC1. The summed E-state index contributed by atoms with van der Waals surface area (Å²) in [5, 5.41) is 9.84. The van der Waals surface area contributed by atoms with Gasteiger partial charge in [0.05, 0.1) is 12.1 Å². The average Bonchev–Trinajstić information content (AvgIpc) is 3.54. The standard InChI is InChI=1S/C38H62N6O7/c1-8-10-17-27(33(47)35(49)39-21-9-2)40-34(48)32-26(24(3)4)20-22-43(32)36(50)31(25-15-12-11-13-16-25)42-37(51)41-28(38(5,6)7)23-44-29(45)18-14-19-30(44)46/h9,24-28,31-32H,2,8,10-23H2,1,3-7H3,(H,39,49)(H,40,48)(H2,41,42,51)/p+1/t26-,27?,28-,31+,32+/m1/s1. The molecule has 13 nitrogen and oxygen atoms in total. The number of piperidine rings is 1. The van der Waals surface area contributed by atoms with Gasteiger partial charge in [-0.1, -0.05) is 79.7 Å². The Kier molecular flexibility index (Phi) is 15.8. The zero-order chi connectivity index (χ0) is 37.9. The lowest BCUT2D eigenvalue weighted by molar-refractivity contribution is -0.592. The number of imide groups is 1. The molecule has 2 aliphatic heterocycles. The molecule has 1 aliphatic carbocycles. The molecule has 0 radical (unpaired) electrons. The van der Waals surface area contributed by atoms with E-state index in [9.17, 15) is 33.6 Å². The lowest BCUT2D eigenvalue weighted by atomic mass is 9.82. The van der Waals surface area contributed by atoms with E-state index in [4.69, 9.17) is 0 Å². The normalized spacial score (nSPS) is 21.9. The highest BCUT2D eigenvalue weighted by atomic mass is 16.2. The smallest absolute Gasteiger partial charge is 0.346 e. The summed E-state index contributed by atoms with van der Waals surface area (Å²) in [6.07, 6.45) is 9.28. The molecule has 13 heteroatoms. The van der Waals surface area contributed by atoms with Crippen molar-refractivity contribution in [2.75, 3.05) is 19.6 Å². The molecule has 1 saturated carbocycles. The summed E-state index contributed by atoms with van der Waals surface area (Å²) in [6.45, 7) is 15.8. The van der Waals surface area contributed by atoms with Crippen LogP contribution in [0.2, 0.25) is 0 Å². The van der Waals surface area contributed by atoms with E-state index in [2.05, 4.69) is 22.5 Å². The fourth-order valence-corrected chi connectivity index (χ4v) is 7.64. The highest BCUT2D eigenvalue weighted by Gasteiger charge is 2.49. The van der Waals surface area contributed by atoms with Crippen LogP contribution in [0.3, 0.4) is 0 Å². The van der Waals surface area contributed by atoms with Gasteiger partial charge in [-0.15, -0.1) is 6.58 Å². The molecular weight excluding hydrogens is 652 g/mol. The first-order valence-electron chi connectivity index (χ1n) is 19.1. The van der Waals surface area contributed by atoms with E-state index in [1.54, 1.807) is 4.90 Å². The van der Waals surface area contributed by atoms with Gasteiger partial charge in [-0.2, -0.15) is 0 Å². The minimum atomic E-state index is -1.04. The number of rotatable bonds is 16. The summed E-state index contributed by atoms with van der Waals surface area (Å²) in [5.41, 5.74) is -0.497. The van der Waals surface area contributed by atoms with Crippen molar-refractivity contribution in [3.8, 4) is 0 Å². The van der Waals surface area contributed by atoms with E-state index in [-0.39, 0.29) is 55.0 Å². The number of urea groups is 1. The number of likely N-dealkylation sites (tertiary alicyclic amines) is 2. The molecular formula is C38H63N6O7+. The van der Waals surface area contributed by atoms with Crippen molar-refractivity contribution in [2.24, 2.45) is 23.2 Å². The minimum Gasteiger partial charge on any atom is -0.346 e. The third-order valence-corrected chi connectivity index (χ3v) is 10.8. The van der Waals surface area contributed by atoms with Crippen LogP contribution in [-0.4, -0.2) is 95.0 Å². The van der Waals surface area contributed by atoms with E-state index in [0.29, 0.717) is 38.6 Å². The highest BCUT2D eigenvalue weighted by molar-refractivity contribution is 6.38. The third-order valence-electron chi connectivity index (χ3n) is 10.8. The first kappa shape index (κ1) is 41.8. The van der Waals surface area contributed by atoms with Crippen LogP contribution in [0.5, 0.6) is 0 Å². The van der Waals surface area contributed by atoms with Crippen molar-refractivity contribution in [1.82, 2.24) is 25.8 Å². The van der Waals surface area contributed by atoms with E-state index in [0.717, 1.165) is 38.5 Å². The Labute approximate surface area is 303 Å². The summed E-state index contributed by atoms with van der Waals surface area (Å²) >= 11 is 0. The van der Waals surface area contributed by atoms with Gasteiger partial charge in [-0.25, -0.2) is 4.79 Å². The fourth-order valence-electron chi connectivity index (χ4n) is 7.64. The summed E-state index contributed by atoms with van der Waals surface area (Å²) in [5.74, 6) is -3.02. The Morgan fingerprint density at radius 1 is 0.961 bits per heavy atom. The molecule has 0 bridgehead atoms. The predicted molar refractivity (Wildman–Crippen MR) is 193 cm³/mol. The topological polar surface area (TPSA) is 179 Å². The third kappa shape index (κ3) is 11.4. The Balaban J connectivity index is 1.87. The van der Waals surface area contributed by atoms with Gasteiger partial charge in [-0.3, -0.25) is 39.0 Å². The van der Waals surface area contributed by atoms with Crippen LogP contribution < -0.4 is 21.3 Å². The number of carbonyl (C=O) groups excluding carboxylic acids is 7.